The Morgan fingerprint density at radius 2 is 2.04 bits per heavy atom. The van der Waals surface area contributed by atoms with Gasteiger partial charge < -0.3 is 4.90 Å². The molecule has 0 fully saturated rings. The molecule has 0 atom stereocenters. The standard InChI is InChI=1S/C22H27N3OS2/c1-5-24(6-2)11-12-25(20(26)10-9-18-8-7-13-27-18)22-23-21-17(4)14-16(3)15-19(21)28-22/h7-10,13-15H,5-6,11-12H2,1-4H3/p+1/b10-9+. The van der Waals surface area contributed by atoms with Crippen LogP contribution in [-0.2, 0) is 4.79 Å². The number of amides is 1. The number of quaternary nitrogens is 1. The van der Waals surface area contributed by atoms with Gasteiger partial charge in [-0.3, -0.25) is 9.69 Å². The fraction of sp³-hybridized carbons (Fsp3) is 0.364. The van der Waals surface area contributed by atoms with E-state index in [1.807, 2.05) is 28.5 Å². The first-order valence-electron chi connectivity index (χ1n) is 9.76. The van der Waals surface area contributed by atoms with E-state index in [1.165, 1.54) is 10.5 Å². The van der Waals surface area contributed by atoms with Crippen molar-refractivity contribution in [2.24, 2.45) is 0 Å². The predicted octanol–water partition coefficient (Wildman–Crippen LogP) is 3.95. The number of carbonyl (C=O) groups is 1. The zero-order chi connectivity index (χ0) is 20.1. The molecule has 2 aromatic heterocycles. The number of nitrogens with zero attached hydrogens (tertiary/aromatic N) is 2. The van der Waals surface area contributed by atoms with Gasteiger partial charge in [0.05, 0.1) is 36.4 Å². The van der Waals surface area contributed by atoms with Crippen LogP contribution in [0.15, 0.2) is 35.7 Å². The van der Waals surface area contributed by atoms with Crippen LogP contribution in [0.2, 0.25) is 0 Å². The molecule has 4 nitrogen and oxygen atoms in total. The van der Waals surface area contributed by atoms with E-state index in [2.05, 4.69) is 39.8 Å². The van der Waals surface area contributed by atoms with E-state index in [4.69, 9.17) is 4.98 Å². The van der Waals surface area contributed by atoms with Crippen molar-refractivity contribution in [1.29, 1.82) is 0 Å². The van der Waals surface area contributed by atoms with Gasteiger partial charge in [0.1, 0.15) is 0 Å². The number of aromatic nitrogens is 1. The van der Waals surface area contributed by atoms with Gasteiger partial charge in [-0.1, -0.05) is 23.5 Å². The van der Waals surface area contributed by atoms with Crippen molar-refractivity contribution in [3.63, 3.8) is 0 Å². The molecule has 0 aliphatic rings. The predicted molar refractivity (Wildman–Crippen MR) is 122 cm³/mol. The highest BCUT2D eigenvalue weighted by atomic mass is 32.1. The molecule has 0 bridgehead atoms. The van der Waals surface area contributed by atoms with Gasteiger partial charge >= 0.3 is 0 Å². The van der Waals surface area contributed by atoms with Crippen LogP contribution in [0.1, 0.15) is 29.9 Å². The Hall–Kier alpha value is -2.02. The van der Waals surface area contributed by atoms with Gasteiger partial charge in [0.15, 0.2) is 5.13 Å². The largest absolute Gasteiger partial charge is 0.334 e. The molecular weight excluding hydrogens is 386 g/mol. The van der Waals surface area contributed by atoms with E-state index in [1.54, 1.807) is 28.7 Å². The third kappa shape index (κ3) is 4.87. The van der Waals surface area contributed by atoms with Crippen LogP contribution in [0.4, 0.5) is 5.13 Å². The van der Waals surface area contributed by atoms with Crippen molar-refractivity contribution in [1.82, 2.24) is 4.98 Å². The van der Waals surface area contributed by atoms with Gasteiger partial charge in [0, 0.05) is 11.0 Å². The number of likely N-dealkylation sites (N-methyl/N-ethyl adjacent to an activating group) is 1. The molecule has 0 radical (unpaired) electrons. The third-order valence-corrected chi connectivity index (χ3v) is 6.80. The number of benzene rings is 1. The number of thiazole rings is 1. The minimum absolute atomic E-state index is 0.00612. The van der Waals surface area contributed by atoms with E-state index in [0.717, 1.165) is 45.4 Å². The summed E-state index contributed by atoms with van der Waals surface area (Å²) in [5.74, 6) is -0.00612. The molecule has 0 spiro atoms. The van der Waals surface area contributed by atoms with E-state index in [0.29, 0.717) is 6.54 Å². The average Bonchev–Trinajstić information content (AvgIpc) is 3.33. The molecule has 3 rings (SSSR count). The summed E-state index contributed by atoms with van der Waals surface area (Å²) in [5, 5.41) is 2.81. The molecule has 3 aromatic rings. The maximum absolute atomic E-state index is 13.1. The second-order valence-corrected chi connectivity index (χ2v) is 8.96. The monoisotopic (exact) mass is 414 g/mol. The molecule has 2 heterocycles. The topological polar surface area (TPSA) is 37.6 Å². The van der Waals surface area contributed by atoms with Gasteiger partial charge in [-0.25, -0.2) is 4.98 Å². The van der Waals surface area contributed by atoms with Gasteiger partial charge in [0.25, 0.3) is 5.91 Å². The Morgan fingerprint density at radius 3 is 2.71 bits per heavy atom. The van der Waals surface area contributed by atoms with Crippen LogP contribution in [0.25, 0.3) is 16.3 Å². The Bertz CT molecular complexity index is 956. The van der Waals surface area contributed by atoms with Crippen molar-refractivity contribution in [3.8, 4) is 0 Å². The molecule has 0 saturated heterocycles. The van der Waals surface area contributed by atoms with Crippen LogP contribution in [0.3, 0.4) is 0 Å². The lowest BCUT2D eigenvalue weighted by molar-refractivity contribution is -0.894. The highest BCUT2D eigenvalue weighted by Gasteiger charge is 2.20. The van der Waals surface area contributed by atoms with Gasteiger partial charge in [-0.05, 0) is 62.4 Å². The average molecular weight is 415 g/mol. The number of aryl methyl sites for hydroxylation is 2. The third-order valence-electron chi connectivity index (χ3n) is 4.94. The number of nitrogens with one attached hydrogen (secondary N) is 1. The molecule has 0 aliphatic carbocycles. The smallest absolute Gasteiger partial charge is 0.253 e. The lowest BCUT2D eigenvalue weighted by Gasteiger charge is -2.21. The van der Waals surface area contributed by atoms with Crippen molar-refractivity contribution in [2.45, 2.75) is 27.7 Å². The Kier molecular flexibility index (Phi) is 6.99. The Morgan fingerprint density at radius 1 is 1.25 bits per heavy atom. The van der Waals surface area contributed by atoms with Crippen LogP contribution < -0.4 is 9.80 Å². The molecule has 0 aliphatic heterocycles. The van der Waals surface area contributed by atoms with E-state index < -0.39 is 0 Å². The summed E-state index contributed by atoms with van der Waals surface area (Å²) < 4.78 is 1.14. The normalized spacial score (nSPS) is 11.8. The molecule has 0 unspecified atom stereocenters. The molecule has 1 aromatic carbocycles. The lowest BCUT2D eigenvalue weighted by Crippen LogP contribution is -3.12. The summed E-state index contributed by atoms with van der Waals surface area (Å²) in [7, 11) is 0. The fourth-order valence-corrected chi connectivity index (χ4v) is 5.07. The molecule has 0 saturated carbocycles. The second-order valence-electron chi connectivity index (χ2n) is 6.97. The SMILES string of the molecule is CC[NH+](CC)CCN(C(=O)/C=C/c1cccs1)c1nc2c(C)cc(C)cc2s1. The summed E-state index contributed by atoms with van der Waals surface area (Å²) >= 11 is 3.24. The van der Waals surface area contributed by atoms with Gasteiger partial charge in [-0.15, -0.1) is 11.3 Å². The minimum Gasteiger partial charge on any atom is -0.334 e. The van der Waals surface area contributed by atoms with Crippen LogP contribution in [0, 0.1) is 13.8 Å². The Labute approximate surface area is 175 Å². The lowest BCUT2D eigenvalue weighted by atomic mass is 10.1. The fourth-order valence-electron chi connectivity index (χ4n) is 3.28. The number of rotatable bonds is 8. The van der Waals surface area contributed by atoms with Crippen LogP contribution in [-0.4, -0.2) is 37.1 Å². The molecular formula is C22H28N3OS2+. The zero-order valence-corrected chi connectivity index (χ0v) is 18.6. The first kappa shape index (κ1) is 20.7. The summed E-state index contributed by atoms with van der Waals surface area (Å²) in [5.41, 5.74) is 3.39. The summed E-state index contributed by atoms with van der Waals surface area (Å²) in [6.45, 7) is 12.3. The number of anilines is 1. The maximum atomic E-state index is 13.1. The van der Waals surface area contributed by atoms with E-state index in [-0.39, 0.29) is 5.91 Å². The number of hydrogen-bond acceptors (Lipinski definition) is 4. The summed E-state index contributed by atoms with van der Waals surface area (Å²) in [4.78, 5) is 22.3. The number of hydrogen-bond donors (Lipinski definition) is 1. The van der Waals surface area contributed by atoms with Gasteiger partial charge in [-0.2, -0.15) is 0 Å². The number of thiophene rings is 1. The molecule has 28 heavy (non-hydrogen) atoms. The number of fused-ring (bicyclic) bond motifs is 1. The van der Waals surface area contributed by atoms with Crippen LogP contribution >= 0.6 is 22.7 Å². The van der Waals surface area contributed by atoms with Crippen molar-refractivity contribution >= 4 is 50.0 Å². The van der Waals surface area contributed by atoms with Crippen LogP contribution in [0.5, 0.6) is 0 Å². The van der Waals surface area contributed by atoms with Crippen molar-refractivity contribution < 1.29 is 9.69 Å². The molecule has 1 N–H and O–H groups in total. The van der Waals surface area contributed by atoms with E-state index >= 15 is 0 Å². The molecule has 148 valence electrons. The summed E-state index contributed by atoms with van der Waals surface area (Å²) in [6, 6.07) is 8.32. The molecule has 6 heteroatoms. The molecule has 1 amide bonds. The number of carbonyl (C=O) groups excluding carboxylic acids is 1. The Balaban J connectivity index is 1.90. The minimum atomic E-state index is -0.00612. The maximum Gasteiger partial charge on any atom is 0.253 e. The first-order chi connectivity index (χ1) is 13.5. The highest BCUT2D eigenvalue weighted by Crippen LogP contribution is 2.31. The first-order valence-corrected chi connectivity index (χ1v) is 11.5. The quantitative estimate of drug-likeness (QED) is 0.567. The van der Waals surface area contributed by atoms with E-state index in [9.17, 15) is 4.79 Å². The highest BCUT2D eigenvalue weighted by molar-refractivity contribution is 7.22. The van der Waals surface area contributed by atoms with Gasteiger partial charge in [0.2, 0.25) is 0 Å². The zero-order valence-electron chi connectivity index (χ0n) is 17.0. The summed E-state index contributed by atoms with van der Waals surface area (Å²) in [6.07, 6.45) is 3.57. The van der Waals surface area contributed by atoms with Crippen molar-refractivity contribution in [2.75, 3.05) is 31.1 Å². The second kappa shape index (κ2) is 9.45. The van der Waals surface area contributed by atoms with Crippen molar-refractivity contribution in [3.05, 3.63) is 51.7 Å².